The van der Waals surface area contributed by atoms with Gasteiger partial charge in [-0.15, -0.1) is 6.42 Å². The highest BCUT2D eigenvalue weighted by atomic mass is 16.5. The average molecular weight is 313 g/mol. The fraction of sp³-hybridized carbons (Fsp3) is 0.600. The van der Waals surface area contributed by atoms with Crippen LogP contribution in [0, 0.1) is 12.3 Å². The predicted octanol–water partition coefficient (Wildman–Crippen LogP) is 3.79. The summed E-state index contributed by atoms with van der Waals surface area (Å²) < 4.78 is 11.7. The first-order valence-corrected chi connectivity index (χ1v) is 8.75. The van der Waals surface area contributed by atoms with Crippen molar-refractivity contribution >= 4 is 0 Å². The Morgan fingerprint density at radius 1 is 1.13 bits per heavy atom. The van der Waals surface area contributed by atoms with Gasteiger partial charge in [0.15, 0.2) is 11.5 Å². The summed E-state index contributed by atoms with van der Waals surface area (Å²) >= 11 is 0. The van der Waals surface area contributed by atoms with Crippen molar-refractivity contribution in [3.63, 3.8) is 0 Å². The van der Waals surface area contributed by atoms with Gasteiger partial charge in [-0.1, -0.05) is 12.0 Å². The fourth-order valence-corrected chi connectivity index (χ4v) is 3.90. The highest BCUT2D eigenvalue weighted by molar-refractivity contribution is 5.48. The molecule has 0 radical (unpaired) electrons. The van der Waals surface area contributed by atoms with Crippen LogP contribution in [0.5, 0.6) is 11.5 Å². The summed E-state index contributed by atoms with van der Waals surface area (Å²) in [6.07, 6.45) is 14.8. The van der Waals surface area contributed by atoms with E-state index in [0.717, 1.165) is 50.0 Å². The van der Waals surface area contributed by atoms with Crippen molar-refractivity contribution in [2.24, 2.45) is 5.73 Å². The van der Waals surface area contributed by atoms with Gasteiger partial charge in [0.2, 0.25) is 0 Å². The highest BCUT2D eigenvalue weighted by Crippen LogP contribution is 2.42. The zero-order valence-corrected chi connectivity index (χ0v) is 14.0. The summed E-state index contributed by atoms with van der Waals surface area (Å²) in [5, 5.41) is 0. The van der Waals surface area contributed by atoms with Crippen LogP contribution in [0.25, 0.3) is 0 Å². The molecule has 0 aromatic heterocycles. The summed E-state index contributed by atoms with van der Waals surface area (Å²) in [4.78, 5) is 0. The van der Waals surface area contributed by atoms with Crippen LogP contribution in [-0.4, -0.2) is 19.3 Å². The van der Waals surface area contributed by atoms with Gasteiger partial charge < -0.3 is 15.2 Å². The van der Waals surface area contributed by atoms with Crippen LogP contribution in [0.2, 0.25) is 0 Å². The SMILES string of the molecule is C#CC1(c2ccc(OC)c(OC3CCCC3)c2)CCC(N)CC1. The van der Waals surface area contributed by atoms with Crippen LogP contribution in [-0.2, 0) is 5.41 Å². The van der Waals surface area contributed by atoms with Gasteiger partial charge in [-0.25, -0.2) is 0 Å². The second kappa shape index (κ2) is 6.84. The Bertz CT molecular complexity index is 576. The zero-order valence-electron chi connectivity index (χ0n) is 14.0. The summed E-state index contributed by atoms with van der Waals surface area (Å²) in [6, 6.07) is 6.47. The van der Waals surface area contributed by atoms with E-state index in [1.54, 1.807) is 7.11 Å². The number of hydrogen-bond donors (Lipinski definition) is 1. The molecule has 3 rings (SSSR count). The third kappa shape index (κ3) is 3.33. The van der Waals surface area contributed by atoms with E-state index in [-0.39, 0.29) is 11.5 Å². The van der Waals surface area contributed by atoms with Gasteiger partial charge in [0.1, 0.15) is 0 Å². The van der Waals surface area contributed by atoms with Gasteiger partial charge in [0.05, 0.1) is 18.6 Å². The number of hydrogen-bond acceptors (Lipinski definition) is 3. The molecule has 0 unspecified atom stereocenters. The van der Waals surface area contributed by atoms with Crippen molar-refractivity contribution in [3.05, 3.63) is 23.8 Å². The zero-order chi connectivity index (χ0) is 16.3. The lowest BCUT2D eigenvalue weighted by atomic mass is 9.69. The summed E-state index contributed by atoms with van der Waals surface area (Å²) in [7, 11) is 1.69. The average Bonchev–Trinajstić information content (AvgIpc) is 3.09. The van der Waals surface area contributed by atoms with Crippen LogP contribution in [0.4, 0.5) is 0 Å². The first-order valence-electron chi connectivity index (χ1n) is 8.75. The number of rotatable bonds is 4. The molecule has 0 saturated heterocycles. The first-order chi connectivity index (χ1) is 11.2. The van der Waals surface area contributed by atoms with Crippen LogP contribution < -0.4 is 15.2 Å². The highest BCUT2D eigenvalue weighted by Gasteiger charge is 2.35. The Morgan fingerprint density at radius 3 is 2.43 bits per heavy atom. The maximum Gasteiger partial charge on any atom is 0.161 e. The van der Waals surface area contributed by atoms with Crippen LogP contribution >= 0.6 is 0 Å². The Hall–Kier alpha value is -1.66. The first kappa shape index (κ1) is 16.2. The van der Waals surface area contributed by atoms with E-state index in [2.05, 4.69) is 18.1 Å². The van der Waals surface area contributed by atoms with Crippen LogP contribution in [0.1, 0.15) is 56.9 Å². The van der Waals surface area contributed by atoms with E-state index in [1.165, 1.54) is 18.4 Å². The number of methoxy groups -OCH3 is 1. The van der Waals surface area contributed by atoms with Crippen molar-refractivity contribution in [2.75, 3.05) is 7.11 Å². The Kier molecular flexibility index (Phi) is 4.82. The van der Waals surface area contributed by atoms with E-state index >= 15 is 0 Å². The molecular formula is C20H27NO2. The minimum absolute atomic E-state index is 0.212. The van der Waals surface area contributed by atoms with Gasteiger partial charge in [0.25, 0.3) is 0 Å². The molecule has 0 aliphatic heterocycles. The minimum Gasteiger partial charge on any atom is -0.493 e. The van der Waals surface area contributed by atoms with Crippen molar-refractivity contribution in [1.29, 1.82) is 0 Å². The normalized spacial score (nSPS) is 28.3. The molecular weight excluding hydrogens is 286 g/mol. The molecule has 2 N–H and O–H groups in total. The van der Waals surface area contributed by atoms with Gasteiger partial charge in [-0.3, -0.25) is 0 Å². The molecule has 1 aromatic rings. The molecule has 0 bridgehead atoms. The standard InChI is InChI=1S/C20H27NO2/c1-3-20(12-10-16(21)11-13-20)15-8-9-18(22-2)19(14-15)23-17-6-4-5-7-17/h1,8-9,14,16-17H,4-7,10-13,21H2,2H3. The summed E-state index contributed by atoms with van der Waals surface area (Å²) in [6.45, 7) is 0. The van der Waals surface area contributed by atoms with Crippen molar-refractivity contribution in [2.45, 2.75) is 68.9 Å². The quantitative estimate of drug-likeness (QED) is 0.860. The molecule has 23 heavy (non-hydrogen) atoms. The molecule has 2 saturated carbocycles. The number of terminal acetylenes is 1. The predicted molar refractivity (Wildman–Crippen MR) is 92.8 cm³/mol. The second-order valence-electron chi connectivity index (χ2n) is 6.95. The van der Waals surface area contributed by atoms with E-state index in [4.69, 9.17) is 21.6 Å². The van der Waals surface area contributed by atoms with E-state index in [1.807, 2.05) is 6.07 Å². The molecule has 3 nitrogen and oxygen atoms in total. The van der Waals surface area contributed by atoms with Gasteiger partial charge in [0, 0.05) is 6.04 Å². The monoisotopic (exact) mass is 313 g/mol. The van der Waals surface area contributed by atoms with E-state index in [9.17, 15) is 0 Å². The van der Waals surface area contributed by atoms with Crippen molar-refractivity contribution in [3.8, 4) is 23.8 Å². The van der Waals surface area contributed by atoms with Crippen LogP contribution in [0.3, 0.4) is 0 Å². The molecule has 124 valence electrons. The Morgan fingerprint density at radius 2 is 1.83 bits per heavy atom. The smallest absolute Gasteiger partial charge is 0.161 e. The summed E-state index contributed by atoms with van der Waals surface area (Å²) in [5.74, 6) is 4.69. The minimum atomic E-state index is -0.212. The third-order valence-electron chi connectivity index (χ3n) is 5.47. The molecule has 0 heterocycles. The number of ether oxygens (including phenoxy) is 2. The second-order valence-corrected chi connectivity index (χ2v) is 6.95. The molecule has 0 spiro atoms. The number of benzene rings is 1. The van der Waals surface area contributed by atoms with Gasteiger partial charge in [-0.05, 0) is 69.1 Å². The summed E-state index contributed by atoms with van der Waals surface area (Å²) in [5.41, 5.74) is 7.01. The van der Waals surface area contributed by atoms with Crippen molar-refractivity contribution < 1.29 is 9.47 Å². The van der Waals surface area contributed by atoms with Crippen molar-refractivity contribution in [1.82, 2.24) is 0 Å². The van der Waals surface area contributed by atoms with E-state index in [0.29, 0.717) is 6.10 Å². The van der Waals surface area contributed by atoms with E-state index < -0.39 is 0 Å². The lowest BCUT2D eigenvalue weighted by Crippen LogP contribution is -2.36. The van der Waals surface area contributed by atoms with Crippen LogP contribution in [0.15, 0.2) is 18.2 Å². The third-order valence-corrected chi connectivity index (χ3v) is 5.47. The fourth-order valence-electron chi connectivity index (χ4n) is 3.90. The molecule has 2 aliphatic carbocycles. The topological polar surface area (TPSA) is 44.5 Å². The molecule has 1 aromatic carbocycles. The largest absolute Gasteiger partial charge is 0.493 e. The lowest BCUT2D eigenvalue weighted by molar-refractivity contribution is 0.200. The maximum atomic E-state index is 6.22. The molecule has 0 amide bonds. The molecule has 0 atom stereocenters. The number of nitrogens with two attached hydrogens (primary N) is 1. The molecule has 2 aliphatic rings. The Labute approximate surface area is 139 Å². The van der Waals surface area contributed by atoms with Gasteiger partial charge >= 0.3 is 0 Å². The lowest BCUT2D eigenvalue weighted by Gasteiger charge is -2.36. The Balaban J connectivity index is 1.88. The van der Waals surface area contributed by atoms with Gasteiger partial charge in [-0.2, -0.15) is 0 Å². The molecule has 2 fully saturated rings. The molecule has 3 heteroatoms. The maximum absolute atomic E-state index is 6.22.